The van der Waals surface area contributed by atoms with E-state index in [0.717, 1.165) is 35.2 Å². The van der Waals surface area contributed by atoms with Crippen molar-refractivity contribution < 1.29 is 9.47 Å². The molecule has 1 saturated carbocycles. The lowest BCUT2D eigenvalue weighted by molar-refractivity contribution is -0.138. The van der Waals surface area contributed by atoms with Crippen LogP contribution in [0.1, 0.15) is 24.8 Å². The molecule has 2 aliphatic rings. The van der Waals surface area contributed by atoms with Crippen molar-refractivity contribution in [2.45, 2.75) is 31.5 Å². The summed E-state index contributed by atoms with van der Waals surface area (Å²) in [7, 11) is 0. The van der Waals surface area contributed by atoms with E-state index in [2.05, 4.69) is 15.9 Å². The normalized spacial score (nSPS) is 19.9. The third-order valence-corrected chi connectivity index (χ3v) is 3.97. The van der Waals surface area contributed by atoms with Gasteiger partial charge in [-0.1, -0.05) is 15.9 Å². The largest absolute Gasteiger partial charge is 0.448 e. The quantitative estimate of drug-likeness (QED) is 0.908. The minimum atomic E-state index is -0.344. The molecule has 3 rings (SSSR count). The van der Waals surface area contributed by atoms with Crippen LogP contribution in [0.5, 0.6) is 11.5 Å². The molecule has 1 fully saturated rings. The van der Waals surface area contributed by atoms with E-state index in [1.807, 2.05) is 12.1 Å². The average Bonchev–Trinajstić information content (AvgIpc) is 2.57. The number of hydrogen-bond acceptors (Lipinski definition) is 3. The van der Waals surface area contributed by atoms with Crippen molar-refractivity contribution in [1.82, 2.24) is 0 Å². The van der Waals surface area contributed by atoms with Gasteiger partial charge in [-0.25, -0.2) is 0 Å². The van der Waals surface area contributed by atoms with Crippen molar-refractivity contribution in [2.24, 2.45) is 5.73 Å². The second-order valence-corrected chi connectivity index (χ2v) is 5.25. The third-order valence-electron chi connectivity index (χ3n) is 3.23. The molecule has 0 saturated heterocycles. The Balaban J connectivity index is 1.93. The first-order valence-corrected chi connectivity index (χ1v) is 6.42. The molecule has 0 atom stereocenters. The summed E-state index contributed by atoms with van der Waals surface area (Å²) in [5.41, 5.74) is 6.75. The fraction of sp³-hybridized carbons (Fsp3) is 0.500. The van der Waals surface area contributed by atoms with Gasteiger partial charge in [0.25, 0.3) is 5.79 Å². The van der Waals surface area contributed by atoms with Gasteiger partial charge in [-0.2, -0.15) is 0 Å². The van der Waals surface area contributed by atoms with Crippen LogP contribution in [0, 0.1) is 0 Å². The summed E-state index contributed by atoms with van der Waals surface area (Å²) in [6.07, 6.45) is 4.02. The molecule has 0 radical (unpaired) electrons. The molecular formula is C12H14BrNO2. The van der Waals surface area contributed by atoms with Crippen molar-refractivity contribution in [3.8, 4) is 11.5 Å². The fourth-order valence-electron chi connectivity index (χ4n) is 2.18. The van der Waals surface area contributed by atoms with E-state index in [9.17, 15) is 0 Å². The zero-order chi connectivity index (χ0) is 11.2. The van der Waals surface area contributed by atoms with Crippen LogP contribution in [-0.4, -0.2) is 12.3 Å². The standard InChI is InChI=1S/C12H14BrNO2/c13-9-7-11-10(6-8(9)2-5-14)15-12(16-11)3-1-4-12/h6-7H,1-5,14H2. The first kappa shape index (κ1) is 10.4. The summed E-state index contributed by atoms with van der Waals surface area (Å²) in [5.74, 6) is 1.38. The zero-order valence-corrected chi connectivity index (χ0v) is 10.5. The summed E-state index contributed by atoms with van der Waals surface area (Å²) in [6, 6.07) is 4.03. The number of ether oxygens (including phenoxy) is 2. The molecule has 1 aliphatic heterocycles. The molecule has 0 amide bonds. The average molecular weight is 284 g/mol. The van der Waals surface area contributed by atoms with E-state index < -0.39 is 0 Å². The van der Waals surface area contributed by atoms with Gasteiger partial charge in [-0.05, 0) is 37.1 Å². The number of hydrogen-bond donors (Lipinski definition) is 1. The second kappa shape index (κ2) is 3.64. The van der Waals surface area contributed by atoms with E-state index in [4.69, 9.17) is 15.2 Å². The topological polar surface area (TPSA) is 44.5 Å². The molecule has 1 aromatic rings. The highest BCUT2D eigenvalue weighted by atomic mass is 79.9. The van der Waals surface area contributed by atoms with Crippen molar-refractivity contribution >= 4 is 15.9 Å². The molecule has 86 valence electrons. The molecule has 0 aromatic heterocycles. The minimum absolute atomic E-state index is 0.344. The predicted octanol–water partition coefficient (Wildman–Crippen LogP) is 2.60. The molecule has 3 nitrogen and oxygen atoms in total. The molecule has 1 aliphatic carbocycles. The lowest BCUT2D eigenvalue weighted by atomic mass is 9.91. The van der Waals surface area contributed by atoms with E-state index in [1.165, 1.54) is 12.0 Å². The van der Waals surface area contributed by atoms with Crippen molar-refractivity contribution in [3.63, 3.8) is 0 Å². The van der Waals surface area contributed by atoms with Gasteiger partial charge in [-0.3, -0.25) is 0 Å². The van der Waals surface area contributed by atoms with Crippen LogP contribution in [-0.2, 0) is 6.42 Å². The van der Waals surface area contributed by atoms with Crippen LogP contribution < -0.4 is 15.2 Å². The van der Waals surface area contributed by atoms with Gasteiger partial charge < -0.3 is 15.2 Å². The summed E-state index contributed by atoms with van der Waals surface area (Å²) in [5, 5.41) is 0. The highest BCUT2D eigenvalue weighted by Crippen LogP contribution is 2.49. The Morgan fingerprint density at radius 2 is 1.94 bits per heavy atom. The van der Waals surface area contributed by atoms with Crippen LogP contribution in [0.4, 0.5) is 0 Å². The van der Waals surface area contributed by atoms with Gasteiger partial charge in [0, 0.05) is 17.3 Å². The lowest BCUT2D eigenvalue weighted by Gasteiger charge is -2.35. The van der Waals surface area contributed by atoms with E-state index >= 15 is 0 Å². The molecule has 2 N–H and O–H groups in total. The Bertz CT molecular complexity index is 429. The number of halogens is 1. The third kappa shape index (κ3) is 1.52. The van der Waals surface area contributed by atoms with Crippen LogP contribution in [0.15, 0.2) is 16.6 Å². The maximum atomic E-state index is 5.89. The Hall–Kier alpha value is -0.740. The Morgan fingerprint density at radius 3 is 2.50 bits per heavy atom. The first-order valence-electron chi connectivity index (χ1n) is 5.63. The van der Waals surface area contributed by atoms with Crippen molar-refractivity contribution in [2.75, 3.05) is 6.54 Å². The molecule has 1 heterocycles. The zero-order valence-electron chi connectivity index (χ0n) is 8.96. The van der Waals surface area contributed by atoms with Gasteiger partial charge >= 0.3 is 0 Å². The maximum absolute atomic E-state index is 5.89. The molecular weight excluding hydrogens is 270 g/mol. The van der Waals surface area contributed by atoms with Crippen LogP contribution >= 0.6 is 15.9 Å². The monoisotopic (exact) mass is 283 g/mol. The SMILES string of the molecule is NCCc1cc2c(cc1Br)OC1(CCC1)O2. The van der Waals surface area contributed by atoms with E-state index in [-0.39, 0.29) is 5.79 Å². The summed E-state index contributed by atoms with van der Waals surface area (Å²) in [4.78, 5) is 0. The highest BCUT2D eigenvalue weighted by Gasteiger charge is 2.47. The summed E-state index contributed by atoms with van der Waals surface area (Å²) in [6.45, 7) is 0.642. The van der Waals surface area contributed by atoms with Gasteiger partial charge in [0.2, 0.25) is 0 Å². The number of nitrogens with two attached hydrogens (primary N) is 1. The van der Waals surface area contributed by atoms with Crippen LogP contribution in [0.3, 0.4) is 0 Å². The molecule has 4 heteroatoms. The first-order chi connectivity index (χ1) is 7.72. The Labute approximate surface area is 103 Å². The van der Waals surface area contributed by atoms with Crippen LogP contribution in [0.2, 0.25) is 0 Å². The van der Waals surface area contributed by atoms with Gasteiger partial charge in [-0.15, -0.1) is 0 Å². The van der Waals surface area contributed by atoms with Crippen LogP contribution in [0.25, 0.3) is 0 Å². The number of rotatable bonds is 2. The van der Waals surface area contributed by atoms with E-state index in [0.29, 0.717) is 6.54 Å². The minimum Gasteiger partial charge on any atom is -0.448 e. The Morgan fingerprint density at radius 1 is 1.25 bits per heavy atom. The summed E-state index contributed by atoms with van der Waals surface area (Å²) >= 11 is 3.54. The Kier molecular flexibility index (Phi) is 2.37. The fourth-order valence-corrected chi connectivity index (χ4v) is 2.70. The molecule has 0 bridgehead atoms. The molecule has 16 heavy (non-hydrogen) atoms. The smallest absolute Gasteiger partial charge is 0.251 e. The lowest BCUT2D eigenvalue weighted by Crippen LogP contribution is -2.45. The predicted molar refractivity (Wildman–Crippen MR) is 64.7 cm³/mol. The second-order valence-electron chi connectivity index (χ2n) is 4.40. The summed E-state index contributed by atoms with van der Waals surface area (Å²) < 4.78 is 12.8. The molecule has 1 spiro atoms. The van der Waals surface area contributed by atoms with E-state index in [1.54, 1.807) is 0 Å². The molecule has 1 aromatic carbocycles. The molecule has 0 unspecified atom stereocenters. The number of fused-ring (bicyclic) bond motifs is 1. The maximum Gasteiger partial charge on any atom is 0.251 e. The van der Waals surface area contributed by atoms with Crippen molar-refractivity contribution in [3.05, 3.63) is 22.2 Å². The van der Waals surface area contributed by atoms with Gasteiger partial charge in [0.15, 0.2) is 11.5 Å². The highest BCUT2D eigenvalue weighted by molar-refractivity contribution is 9.10. The van der Waals surface area contributed by atoms with Gasteiger partial charge in [0.05, 0.1) is 0 Å². The van der Waals surface area contributed by atoms with Crippen molar-refractivity contribution in [1.29, 1.82) is 0 Å². The van der Waals surface area contributed by atoms with Gasteiger partial charge in [0.1, 0.15) is 0 Å². The number of benzene rings is 1.